The number of hydrogen-bond donors (Lipinski definition) is 3. The van der Waals surface area contributed by atoms with E-state index in [2.05, 4.69) is 15.3 Å². The number of fused-ring (bicyclic) bond motifs is 1. The number of nitrogens with one attached hydrogen (secondary N) is 2. The molecule has 1 amide bonds. The molecule has 3 rings (SSSR count). The van der Waals surface area contributed by atoms with Gasteiger partial charge in [0.1, 0.15) is 6.54 Å². The first-order valence-electron chi connectivity index (χ1n) is 6.72. The highest BCUT2D eigenvalue weighted by Gasteiger charge is 2.12. The van der Waals surface area contributed by atoms with Gasteiger partial charge in [-0.2, -0.15) is 0 Å². The first-order valence-corrected chi connectivity index (χ1v) is 6.72. The molecule has 0 aliphatic heterocycles. The minimum Gasteiger partial charge on any atom is -0.504 e. The molecule has 0 radical (unpaired) electrons. The smallest absolute Gasteiger partial charge is 0.329 e. The normalized spacial score (nSPS) is 10.6. The summed E-state index contributed by atoms with van der Waals surface area (Å²) in [5, 5.41) is 12.3. The molecule has 0 spiro atoms. The number of amides is 1. The molecule has 0 bridgehead atoms. The summed E-state index contributed by atoms with van der Waals surface area (Å²) in [6.07, 6.45) is 1.41. The maximum atomic E-state index is 12.1. The van der Waals surface area contributed by atoms with Gasteiger partial charge in [-0.25, -0.2) is 9.78 Å². The van der Waals surface area contributed by atoms with E-state index >= 15 is 0 Å². The highest BCUT2D eigenvalue weighted by molar-refractivity contribution is 5.91. The molecule has 3 N–H and O–H groups in total. The number of aromatic hydroxyl groups is 1. The first kappa shape index (κ1) is 14.5. The zero-order valence-electron chi connectivity index (χ0n) is 11.8. The van der Waals surface area contributed by atoms with E-state index in [-0.39, 0.29) is 18.1 Å². The van der Waals surface area contributed by atoms with Crippen LogP contribution in [0.3, 0.4) is 0 Å². The molecule has 8 nitrogen and oxygen atoms in total. The second kappa shape index (κ2) is 5.76. The van der Waals surface area contributed by atoms with Gasteiger partial charge in [-0.15, -0.1) is 0 Å². The van der Waals surface area contributed by atoms with E-state index in [1.807, 2.05) is 0 Å². The SMILES string of the molecule is O=C(Cn1c(=O)[nH]c(=O)c2ccccc21)Nc1ncccc1O. The number of rotatable bonds is 3. The van der Waals surface area contributed by atoms with Gasteiger partial charge < -0.3 is 10.4 Å². The van der Waals surface area contributed by atoms with Crippen molar-refractivity contribution in [1.82, 2.24) is 14.5 Å². The van der Waals surface area contributed by atoms with Crippen LogP contribution in [0.15, 0.2) is 52.2 Å². The fourth-order valence-corrected chi connectivity index (χ4v) is 2.21. The van der Waals surface area contributed by atoms with E-state index in [1.165, 1.54) is 18.3 Å². The molecule has 8 heteroatoms. The molecule has 0 saturated carbocycles. The van der Waals surface area contributed by atoms with Gasteiger partial charge in [0.05, 0.1) is 10.9 Å². The van der Waals surface area contributed by atoms with E-state index in [0.717, 1.165) is 4.57 Å². The molecule has 1 aromatic carbocycles. The summed E-state index contributed by atoms with van der Waals surface area (Å²) in [5.74, 6) is -0.739. The quantitative estimate of drug-likeness (QED) is 0.648. The predicted octanol–water partition coefficient (Wildman–Crippen LogP) is 0.429. The summed E-state index contributed by atoms with van der Waals surface area (Å²) >= 11 is 0. The van der Waals surface area contributed by atoms with Crippen LogP contribution >= 0.6 is 0 Å². The molecule has 3 aromatic rings. The number of carbonyl (C=O) groups excluding carboxylic acids is 1. The lowest BCUT2D eigenvalue weighted by Crippen LogP contribution is -2.34. The van der Waals surface area contributed by atoms with Crippen LogP contribution in [-0.2, 0) is 11.3 Å². The Morgan fingerprint density at radius 2 is 2.00 bits per heavy atom. The van der Waals surface area contributed by atoms with Crippen LogP contribution in [-0.4, -0.2) is 25.5 Å². The Labute approximate surface area is 129 Å². The van der Waals surface area contributed by atoms with Crippen LogP contribution in [0, 0.1) is 0 Å². The number of pyridine rings is 1. The van der Waals surface area contributed by atoms with Crippen LogP contribution in [0.25, 0.3) is 10.9 Å². The Morgan fingerprint density at radius 1 is 1.22 bits per heavy atom. The monoisotopic (exact) mass is 312 g/mol. The van der Waals surface area contributed by atoms with Gasteiger partial charge in [0.15, 0.2) is 11.6 Å². The van der Waals surface area contributed by atoms with Crippen molar-refractivity contribution in [2.24, 2.45) is 0 Å². The lowest BCUT2D eigenvalue weighted by molar-refractivity contribution is -0.116. The van der Waals surface area contributed by atoms with Crippen LogP contribution in [0.4, 0.5) is 5.82 Å². The molecular weight excluding hydrogens is 300 g/mol. The maximum absolute atomic E-state index is 12.1. The van der Waals surface area contributed by atoms with Crippen molar-refractivity contribution in [3.8, 4) is 5.75 Å². The standard InChI is InChI=1S/C15H12N4O4/c20-11-6-3-7-16-13(11)17-12(21)8-19-10-5-2-1-4-9(10)14(22)18-15(19)23/h1-7,20H,8H2,(H,16,17,21)(H,18,22,23). The second-order valence-electron chi connectivity index (χ2n) is 4.78. The Kier molecular flexibility index (Phi) is 3.63. The van der Waals surface area contributed by atoms with Crippen LogP contribution < -0.4 is 16.6 Å². The Bertz CT molecular complexity index is 1010. The van der Waals surface area contributed by atoms with Gasteiger partial charge in [0.2, 0.25) is 5.91 Å². The van der Waals surface area contributed by atoms with Gasteiger partial charge in [0, 0.05) is 6.20 Å². The fourth-order valence-electron chi connectivity index (χ4n) is 2.21. The zero-order valence-corrected chi connectivity index (χ0v) is 11.8. The van der Waals surface area contributed by atoms with Crippen LogP contribution in [0.1, 0.15) is 0 Å². The predicted molar refractivity (Wildman–Crippen MR) is 83.4 cm³/mol. The van der Waals surface area contributed by atoms with E-state index in [4.69, 9.17) is 0 Å². The van der Waals surface area contributed by atoms with Crippen LogP contribution in [0.2, 0.25) is 0 Å². The van der Waals surface area contributed by atoms with Crippen molar-refractivity contribution in [3.05, 3.63) is 63.4 Å². The number of nitrogens with zero attached hydrogens (tertiary/aromatic N) is 2. The lowest BCUT2D eigenvalue weighted by Gasteiger charge is -2.10. The van der Waals surface area contributed by atoms with Gasteiger partial charge in [-0.3, -0.25) is 19.1 Å². The van der Waals surface area contributed by atoms with E-state index in [9.17, 15) is 19.5 Å². The van der Waals surface area contributed by atoms with Gasteiger partial charge in [-0.1, -0.05) is 12.1 Å². The van der Waals surface area contributed by atoms with Gasteiger partial charge >= 0.3 is 5.69 Å². The van der Waals surface area contributed by atoms with Crippen molar-refractivity contribution >= 4 is 22.6 Å². The number of H-pyrrole nitrogens is 1. The second-order valence-corrected chi connectivity index (χ2v) is 4.78. The van der Waals surface area contributed by atoms with Gasteiger partial charge in [-0.05, 0) is 24.3 Å². The third-order valence-electron chi connectivity index (χ3n) is 3.25. The highest BCUT2D eigenvalue weighted by atomic mass is 16.3. The first-order chi connectivity index (χ1) is 11.1. The summed E-state index contributed by atoms with van der Waals surface area (Å²) in [6, 6.07) is 9.37. The van der Waals surface area contributed by atoms with Crippen LogP contribution in [0.5, 0.6) is 5.75 Å². The Balaban J connectivity index is 1.96. The molecule has 0 saturated heterocycles. The number of para-hydroxylation sites is 1. The molecule has 116 valence electrons. The summed E-state index contributed by atoms with van der Waals surface area (Å²) in [6.45, 7) is -0.327. The molecule has 0 aliphatic rings. The summed E-state index contributed by atoms with van der Waals surface area (Å²) in [4.78, 5) is 41.8. The summed E-state index contributed by atoms with van der Waals surface area (Å²) in [7, 11) is 0. The van der Waals surface area contributed by atoms with Crippen molar-refractivity contribution in [2.75, 3.05) is 5.32 Å². The summed E-state index contributed by atoms with van der Waals surface area (Å²) in [5.41, 5.74) is -0.847. The number of anilines is 1. The zero-order chi connectivity index (χ0) is 16.4. The molecule has 0 atom stereocenters. The number of hydrogen-bond acceptors (Lipinski definition) is 5. The highest BCUT2D eigenvalue weighted by Crippen LogP contribution is 2.18. The van der Waals surface area contributed by atoms with E-state index in [1.54, 1.807) is 24.3 Å². The van der Waals surface area contributed by atoms with Crippen molar-refractivity contribution in [3.63, 3.8) is 0 Å². The van der Waals surface area contributed by atoms with Crippen molar-refractivity contribution < 1.29 is 9.90 Å². The fraction of sp³-hybridized carbons (Fsp3) is 0.0667. The van der Waals surface area contributed by atoms with Gasteiger partial charge in [0.25, 0.3) is 5.56 Å². The molecule has 0 aliphatic carbocycles. The third-order valence-corrected chi connectivity index (χ3v) is 3.25. The average Bonchev–Trinajstić information content (AvgIpc) is 2.54. The number of aromatic nitrogens is 3. The van der Waals surface area contributed by atoms with Crippen molar-refractivity contribution in [1.29, 1.82) is 0 Å². The maximum Gasteiger partial charge on any atom is 0.329 e. The molecule has 2 heterocycles. The molecule has 2 aromatic heterocycles. The minimum atomic E-state index is -0.686. The minimum absolute atomic E-state index is 0.000667. The number of aromatic amines is 1. The van der Waals surface area contributed by atoms with Crippen molar-refractivity contribution in [2.45, 2.75) is 6.54 Å². The molecule has 0 fully saturated rings. The van der Waals surface area contributed by atoms with E-state index < -0.39 is 17.2 Å². The third kappa shape index (κ3) is 2.82. The summed E-state index contributed by atoms with van der Waals surface area (Å²) < 4.78 is 1.14. The largest absolute Gasteiger partial charge is 0.504 e. The number of benzene rings is 1. The molecule has 0 unspecified atom stereocenters. The van der Waals surface area contributed by atoms with E-state index in [0.29, 0.717) is 10.9 Å². The topological polar surface area (TPSA) is 117 Å². The molecule has 23 heavy (non-hydrogen) atoms. The lowest BCUT2D eigenvalue weighted by atomic mass is 10.2. The number of carbonyl (C=O) groups is 1. The Morgan fingerprint density at radius 3 is 2.78 bits per heavy atom. The average molecular weight is 312 g/mol. The Hall–Kier alpha value is -3.42. The molecular formula is C15H12N4O4.